The number of primary sulfonamides is 1. The lowest BCUT2D eigenvalue weighted by atomic mass is 10.2. The molecule has 0 atom stereocenters. The molecule has 2 amide bonds. The summed E-state index contributed by atoms with van der Waals surface area (Å²) in [6.07, 6.45) is 1.50. The molecular formula is C20H20FN5O3S. The van der Waals surface area contributed by atoms with Crippen LogP contribution in [0.4, 0.5) is 14.9 Å². The summed E-state index contributed by atoms with van der Waals surface area (Å²) >= 11 is 0. The largest absolute Gasteiger partial charge is 0.339 e. The van der Waals surface area contributed by atoms with Gasteiger partial charge in [0.1, 0.15) is 5.82 Å². The van der Waals surface area contributed by atoms with Crippen LogP contribution in [-0.2, 0) is 10.0 Å². The minimum atomic E-state index is -3.76. The third-order valence-electron chi connectivity index (χ3n) is 4.37. The SMILES string of the molecule is Cc1cc(/C=N/NC(=O)Nc2ccc(F)cc2)c(C)n1-c1ccc(S(N)(=O)=O)cc1. The molecule has 8 nitrogen and oxygen atoms in total. The molecule has 156 valence electrons. The highest BCUT2D eigenvalue weighted by atomic mass is 32.2. The third kappa shape index (κ3) is 4.91. The van der Waals surface area contributed by atoms with Gasteiger partial charge in [0.2, 0.25) is 10.0 Å². The van der Waals surface area contributed by atoms with Crippen LogP contribution in [0.1, 0.15) is 17.0 Å². The second kappa shape index (κ2) is 8.47. The summed E-state index contributed by atoms with van der Waals surface area (Å²) in [5.41, 5.74) is 6.06. The number of hydrogen-bond donors (Lipinski definition) is 3. The van der Waals surface area contributed by atoms with Crippen LogP contribution in [-0.4, -0.2) is 25.2 Å². The van der Waals surface area contributed by atoms with Crippen molar-refractivity contribution in [3.05, 3.63) is 77.4 Å². The monoisotopic (exact) mass is 429 g/mol. The predicted octanol–water partition coefficient (Wildman–Crippen LogP) is 3.04. The van der Waals surface area contributed by atoms with Crippen molar-refractivity contribution in [2.24, 2.45) is 10.2 Å². The number of carbonyl (C=O) groups is 1. The van der Waals surface area contributed by atoms with E-state index in [1.54, 1.807) is 12.1 Å². The van der Waals surface area contributed by atoms with Crippen LogP contribution in [0.15, 0.2) is 64.6 Å². The molecule has 3 aromatic rings. The fourth-order valence-electron chi connectivity index (χ4n) is 2.95. The lowest BCUT2D eigenvalue weighted by molar-refractivity contribution is 0.252. The van der Waals surface area contributed by atoms with Gasteiger partial charge in [-0.05, 0) is 68.4 Å². The number of nitrogens with one attached hydrogen (secondary N) is 2. The van der Waals surface area contributed by atoms with Gasteiger partial charge < -0.3 is 9.88 Å². The van der Waals surface area contributed by atoms with Crippen molar-refractivity contribution >= 4 is 28.0 Å². The zero-order valence-electron chi connectivity index (χ0n) is 16.3. The molecule has 0 aliphatic carbocycles. The van der Waals surface area contributed by atoms with Crippen molar-refractivity contribution < 1.29 is 17.6 Å². The molecule has 0 unspecified atom stereocenters. The molecule has 0 saturated carbocycles. The number of nitrogens with two attached hydrogens (primary N) is 1. The number of urea groups is 1. The topological polar surface area (TPSA) is 119 Å². The molecule has 0 saturated heterocycles. The van der Waals surface area contributed by atoms with Gasteiger partial charge in [0.25, 0.3) is 0 Å². The molecule has 1 heterocycles. The highest BCUT2D eigenvalue weighted by Crippen LogP contribution is 2.21. The maximum Gasteiger partial charge on any atom is 0.339 e. The van der Waals surface area contributed by atoms with E-state index >= 15 is 0 Å². The second-order valence-corrected chi connectivity index (χ2v) is 8.09. The molecule has 0 aliphatic rings. The maximum atomic E-state index is 12.9. The quantitative estimate of drug-likeness (QED) is 0.427. The average molecular weight is 429 g/mol. The molecule has 0 radical (unpaired) electrons. The molecule has 10 heteroatoms. The van der Waals surface area contributed by atoms with Gasteiger partial charge in [-0.15, -0.1) is 0 Å². The molecule has 0 aliphatic heterocycles. The van der Waals surface area contributed by atoms with Gasteiger partial charge in [0, 0.05) is 28.3 Å². The van der Waals surface area contributed by atoms with E-state index in [2.05, 4.69) is 15.8 Å². The summed E-state index contributed by atoms with van der Waals surface area (Å²) < 4.78 is 37.7. The van der Waals surface area contributed by atoms with Crippen LogP contribution in [0.2, 0.25) is 0 Å². The van der Waals surface area contributed by atoms with Gasteiger partial charge in [-0.2, -0.15) is 5.10 Å². The first kappa shape index (κ1) is 21.2. The number of amides is 2. The Balaban J connectivity index is 1.72. The Hall–Kier alpha value is -3.50. The summed E-state index contributed by atoms with van der Waals surface area (Å²) in [6, 6.07) is 12.9. The van der Waals surface area contributed by atoms with Crippen LogP contribution < -0.4 is 15.9 Å². The van der Waals surface area contributed by atoms with Gasteiger partial charge in [0.05, 0.1) is 11.1 Å². The van der Waals surface area contributed by atoms with E-state index in [1.165, 1.54) is 42.6 Å². The Bertz CT molecular complexity index is 1200. The second-order valence-electron chi connectivity index (χ2n) is 6.53. The van der Waals surface area contributed by atoms with E-state index in [-0.39, 0.29) is 4.90 Å². The van der Waals surface area contributed by atoms with Crippen molar-refractivity contribution in [3.8, 4) is 5.69 Å². The van der Waals surface area contributed by atoms with Gasteiger partial charge in [0.15, 0.2) is 0 Å². The lowest BCUT2D eigenvalue weighted by Gasteiger charge is -2.10. The van der Waals surface area contributed by atoms with E-state index in [4.69, 9.17) is 5.14 Å². The summed E-state index contributed by atoms with van der Waals surface area (Å²) in [5.74, 6) is -0.395. The summed E-state index contributed by atoms with van der Waals surface area (Å²) in [6.45, 7) is 3.77. The van der Waals surface area contributed by atoms with Gasteiger partial charge in [-0.25, -0.2) is 28.2 Å². The van der Waals surface area contributed by atoms with Crippen LogP contribution in [0.3, 0.4) is 0 Å². The standard InChI is InChI=1S/C20H20FN5O3S/c1-13-11-15(12-23-25-20(27)24-17-5-3-16(21)4-6-17)14(2)26(13)18-7-9-19(10-8-18)30(22,28)29/h3-12H,1-2H3,(H2,22,28,29)(H2,24,25,27)/b23-12+. The van der Waals surface area contributed by atoms with E-state index in [0.29, 0.717) is 5.69 Å². The summed E-state index contributed by atoms with van der Waals surface area (Å²) in [4.78, 5) is 11.9. The number of halogens is 1. The van der Waals surface area contributed by atoms with Crippen LogP contribution >= 0.6 is 0 Å². The van der Waals surface area contributed by atoms with E-state index in [1.807, 2.05) is 24.5 Å². The summed E-state index contributed by atoms with van der Waals surface area (Å²) in [5, 5.41) is 11.6. The molecule has 30 heavy (non-hydrogen) atoms. The van der Waals surface area contributed by atoms with Crippen molar-refractivity contribution in [2.45, 2.75) is 18.7 Å². The Morgan fingerprint density at radius 1 is 1.10 bits per heavy atom. The zero-order chi connectivity index (χ0) is 21.9. The van der Waals surface area contributed by atoms with Crippen LogP contribution in [0, 0.1) is 19.7 Å². The number of anilines is 1. The fraction of sp³-hybridized carbons (Fsp3) is 0.100. The first-order chi connectivity index (χ1) is 14.1. The Morgan fingerprint density at radius 2 is 1.73 bits per heavy atom. The Labute approximate surface area is 173 Å². The minimum absolute atomic E-state index is 0.0341. The molecule has 0 spiro atoms. The number of rotatable bonds is 5. The number of carbonyl (C=O) groups excluding carboxylic acids is 1. The molecule has 1 aromatic heterocycles. The van der Waals surface area contributed by atoms with Gasteiger partial charge >= 0.3 is 6.03 Å². The zero-order valence-corrected chi connectivity index (χ0v) is 17.1. The van der Waals surface area contributed by atoms with E-state index < -0.39 is 21.9 Å². The molecular weight excluding hydrogens is 409 g/mol. The first-order valence-electron chi connectivity index (χ1n) is 8.83. The first-order valence-corrected chi connectivity index (χ1v) is 10.4. The smallest absolute Gasteiger partial charge is 0.318 e. The number of sulfonamides is 1. The number of aromatic nitrogens is 1. The summed E-state index contributed by atoms with van der Waals surface area (Å²) in [7, 11) is -3.76. The average Bonchev–Trinajstić information content (AvgIpc) is 2.96. The molecule has 2 aromatic carbocycles. The normalized spacial score (nSPS) is 11.6. The Kier molecular flexibility index (Phi) is 5.99. The van der Waals surface area contributed by atoms with Crippen LogP contribution in [0.25, 0.3) is 5.69 Å². The van der Waals surface area contributed by atoms with Crippen molar-refractivity contribution in [1.29, 1.82) is 0 Å². The van der Waals surface area contributed by atoms with E-state index in [0.717, 1.165) is 22.6 Å². The molecule has 0 fully saturated rings. The number of hydrazone groups is 1. The van der Waals surface area contributed by atoms with E-state index in [9.17, 15) is 17.6 Å². The predicted molar refractivity (Wildman–Crippen MR) is 113 cm³/mol. The molecule has 3 rings (SSSR count). The minimum Gasteiger partial charge on any atom is -0.318 e. The molecule has 0 bridgehead atoms. The van der Waals surface area contributed by atoms with Crippen LogP contribution in [0.5, 0.6) is 0 Å². The van der Waals surface area contributed by atoms with Crippen molar-refractivity contribution in [2.75, 3.05) is 5.32 Å². The third-order valence-corrected chi connectivity index (χ3v) is 5.29. The molecule has 4 N–H and O–H groups in total. The number of aryl methyl sites for hydroxylation is 1. The highest BCUT2D eigenvalue weighted by molar-refractivity contribution is 7.89. The van der Waals surface area contributed by atoms with Gasteiger partial charge in [-0.3, -0.25) is 0 Å². The number of benzene rings is 2. The lowest BCUT2D eigenvalue weighted by Crippen LogP contribution is -2.24. The fourth-order valence-corrected chi connectivity index (χ4v) is 3.47. The number of nitrogens with zero attached hydrogens (tertiary/aromatic N) is 2. The maximum absolute atomic E-state index is 12.9. The number of hydrogen-bond acceptors (Lipinski definition) is 4. The van der Waals surface area contributed by atoms with Crippen molar-refractivity contribution in [1.82, 2.24) is 9.99 Å². The Morgan fingerprint density at radius 3 is 2.33 bits per heavy atom. The highest BCUT2D eigenvalue weighted by Gasteiger charge is 2.12. The van der Waals surface area contributed by atoms with Gasteiger partial charge in [-0.1, -0.05) is 0 Å². The van der Waals surface area contributed by atoms with Crippen molar-refractivity contribution in [3.63, 3.8) is 0 Å².